The van der Waals surface area contributed by atoms with Crippen LogP contribution >= 0.6 is 0 Å². The first kappa shape index (κ1) is 19.0. The van der Waals surface area contributed by atoms with Gasteiger partial charge in [-0.25, -0.2) is 9.18 Å². The fourth-order valence-corrected chi connectivity index (χ4v) is 3.21. The van der Waals surface area contributed by atoms with E-state index in [0.717, 1.165) is 4.57 Å². The molecule has 2 aromatic rings. The van der Waals surface area contributed by atoms with Crippen molar-refractivity contribution in [2.24, 2.45) is 0 Å². The minimum atomic E-state index is -0.790. The quantitative estimate of drug-likeness (QED) is 0.737. The second-order valence-corrected chi connectivity index (χ2v) is 6.34. The first-order valence-electron chi connectivity index (χ1n) is 8.66. The Balaban J connectivity index is 1.78. The summed E-state index contributed by atoms with van der Waals surface area (Å²) in [6.07, 6.45) is -0.373. The Kier molecular flexibility index (Phi) is 5.52. The molecular formula is C18H21FN4O4. The highest BCUT2D eigenvalue weighted by Crippen LogP contribution is 2.23. The summed E-state index contributed by atoms with van der Waals surface area (Å²) in [6, 6.07) is 6.12. The molecule has 2 heterocycles. The number of hydrogen-bond acceptors (Lipinski definition) is 6. The van der Waals surface area contributed by atoms with Gasteiger partial charge in [0.1, 0.15) is 17.2 Å². The van der Waals surface area contributed by atoms with Gasteiger partial charge in [0.05, 0.1) is 19.3 Å². The van der Waals surface area contributed by atoms with Gasteiger partial charge in [-0.05, 0) is 24.6 Å². The van der Waals surface area contributed by atoms with Crippen LogP contribution in [0.2, 0.25) is 0 Å². The average molecular weight is 376 g/mol. The molecule has 0 bridgehead atoms. The monoisotopic (exact) mass is 376 g/mol. The summed E-state index contributed by atoms with van der Waals surface area (Å²) < 4.78 is 20.3. The summed E-state index contributed by atoms with van der Waals surface area (Å²) in [4.78, 5) is 40.4. The molecule has 0 saturated carbocycles. The van der Waals surface area contributed by atoms with E-state index in [9.17, 15) is 18.8 Å². The number of benzene rings is 1. The third-order valence-electron chi connectivity index (χ3n) is 4.57. The zero-order valence-corrected chi connectivity index (χ0v) is 14.9. The smallest absolute Gasteiger partial charge is 0.329 e. The Morgan fingerprint density at radius 2 is 2.19 bits per heavy atom. The van der Waals surface area contributed by atoms with Gasteiger partial charge >= 0.3 is 5.69 Å². The van der Waals surface area contributed by atoms with Crippen LogP contribution in [-0.4, -0.2) is 46.5 Å². The predicted octanol–water partition coefficient (Wildman–Crippen LogP) is 0.534. The number of carbonyl (C=O) groups excluding carboxylic acids is 1. The number of nitrogens with two attached hydrogens (primary N) is 1. The molecule has 0 spiro atoms. The van der Waals surface area contributed by atoms with E-state index in [4.69, 9.17) is 10.5 Å². The van der Waals surface area contributed by atoms with Gasteiger partial charge in [-0.2, -0.15) is 0 Å². The van der Waals surface area contributed by atoms with Gasteiger partial charge in [0, 0.05) is 19.6 Å². The summed E-state index contributed by atoms with van der Waals surface area (Å²) in [6.45, 7) is 3.11. The summed E-state index contributed by atoms with van der Waals surface area (Å²) in [5.74, 6) is -0.965. The van der Waals surface area contributed by atoms with E-state index < -0.39 is 17.0 Å². The lowest BCUT2D eigenvalue weighted by Gasteiger charge is -2.32. The van der Waals surface area contributed by atoms with Crippen LogP contribution < -0.4 is 17.0 Å². The third kappa shape index (κ3) is 3.99. The van der Waals surface area contributed by atoms with E-state index in [2.05, 4.69) is 4.98 Å². The molecule has 1 aromatic heterocycles. The zero-order valence-electron chi connectivity index (χ0n) is 14.9. The van der Waals surface area contributed by atoms with Gasteiger partial charge in [-0.3, -0.25) is 24.0 Å². The number of aromatic amines is 1. The average Bonchev–Trinajstić information content (AvgIpc) is 2.62. The molecule has 27 heavy (non-hydrogen) atoms. The van der Waals surface area contributed by atoms with E-state index in [-0.39, 0.29) is 36.4 Å². The minimum Gasteiger partial charge on any atom is -0.384 e. The molecule has 3 N–H and O–H groups in total. The highest BCUT2D eigenvalue weighted by atomic mass is 19.1. The number of aromatic nitrogens is 2. The van der Waals surface area contributed by atoms with E-state index in [0.29, 0.717) is 25.3 Å². The van der Waals surface area contributed by atoms with Crippen molar-refractivity contribution in [1.29, 1.82) is 0 Å². The van der Waals surface area contributed by atoms with Crippen LogP contribution in [0.5, 0.6) is 0 Å². The van der Waals surface area contributed by atoms with Gasteiger partial charge in [0.25, 0.3) is 5.56 Å². The highest BCUT2D eigenvalue weighted by Gasteiger charge is 2.26. The number of Topliss-reactive ketones (excluding diaryl/α,β-unsaturated/α-hetero) is 1. The molecule has 3 rings (SSSR count). The van der Waals surface area contributed by atoms with E-state index >= 15 is 0 Å². The maximum atomic E-state index is 13.4. The van der Waals surface area contributed by atoms with Gasteiger partial charge < -0.3 is 10.5 Å². The van der Waals surface area contributed by atoms with Crippen LogP contribution in [0.1, 0.15) is 28.9 Å². The second-order valence-electron chi connectivity index (χ2n) is 6.34. The molecule has 8 nitrogen and oxygen atoms in total. The number of hydrogen-bond donors (Lipinski definition) is 2. The van der Waals surface area contributed by atoms with Crippen LogP contribution in [0, 0.1) is 5.82 Å². The summed E-state index contributed by atoms with van der Waals surface area (Å²) in [5.41, 5.74) is 4.91. The van der Waals surface area contributed by atoms with Crippen molar-refractivity contribution >= 4 is 11.6 Å². The van der Waals surface area contributed by atoms with Gasteiger partial charge in [0.2, 0.25) is 0 Å². The van der Waals surface area contributed by atoms with Crippen molar-refractivity contribution in [2.75, 3.05) is 32.0 Å². The molecule has 1 unspecified atom stereocenters. The molecule has 1 atom stereocenters. The Morgan fingerprint density at radius 1 is 1.41 bits per heavy atom. The normalized spacial score (nSPS) is 17.8. The molecule has 1 aromatic carbocycles. The molecule has 144 valence electrons. The van der Waals surface area contributed by atoms with Crippen molar-refractivity contribution in [1.82, 2.24) is 14.5 Å². The fourth-order valence-electron chi connectivity index (χ4n) is 3.21. The number of anilines is 1. The van der Waals surface area contributed by atoms with Crippen molar-refractivity contribution in [2.45, 2.75) is 19.6 Å². The molecule has 1 aliphatic rings. The van der Waals surface area contributed by atoms with Crippen molar-refractivity contribution in [3.05, 3.63) is 62.0 Å². The van der Waals surface area contributed by atoms with E-state index in [1.54, 1.807) is 19.1 Å². The van der Waals surface area contributed by atoms with Crippen LogP contribution in [-0.2, 0) is 11.3 Å². The Labute approximate surface area is 154 Å². The standard InChI is InChI=1S/C18H21FN4O4/c1-2-23-16(20)15(17(25)21-18(23)26)13(24)9-22-6-7-27-14(10-22)11-4-3-5-12(19)8-11/h3-5,8,14H,2,6-7,9-10,20H2,1H3,(H,21,25,26). The minimum absolute atomic E-state index is 0.0512. The van der Waals surface area contributed by atoms with Crippen molar-refractivity contribution in [3.8, 4) is 0 Å². The molecule has 0 aliphatic carbocycles. The number of nitrogen functional groups attached to an aromatic ring is 1. The van der Waals surface area contributed by atoms with Gasteiger partial charge in [-0.1, -0.05) is 12.1 Å². The number of morpholine rings is 1. The number of rotatable bonds is 5. The lowest BCUT2D eigenvalue weighted by Crippen LogP contribution is -2.43. The Hall–Kier alpha value is -2.78. The van der Waals surface area contributed by atoms with Crippen molar-refractivity contribution < 1.29 is 13.9 Å². The zero-order chi connectivity index (χ0) is 19.6. The second kappa shape index (κ2) is 7.85. The topological polar surface area (TPSA) is 110 Å². The van der Waals surface area contributed by atoms with Crippen molar-refractivity contribution in [3.63, 3.8) is 0 Å². The van der Waals surface area contributed by atoms with Crippen LogP contribution in [0.25, 0.3) is 0 Å². The summed E-state index contributed by atoms with van der Waals surface area (Å²) in [7, 11) is 0. The molecule has 0 radical (unpaired) electrons. The number of ketones is 1. The summed E-state index contributed by atoms with van der Waals surface area (Å²) in [5, 5.41) is 0. The number of nitrogens with one attached hydrogen (secondary N) is 1. The molecular weight excluding hydrogens is 355 g/mol. The lowest BCUT2D eigenvalue weighted by molar-refractivity contribution is -0.0276. The number of nitrogens with zero attached hydrogens (tertiary/aromatic N) is 2. The number of H-pyrrole nitrogens is 1. The predicted molar refractivity (Wildman–Crippen MR) is 97.3 cm³/mol. The molecule has 0 amide bonds. The number of carbonyl (C=O) groups is 1. The SMILES string of the molecule is CCn1c(N)c(C(=O)CN2CCOC(c3cccc(F)c3)C2)c(=O)[nH]c1=O. The molecule has 1 aliphatic heterocycles. The largest absolute Gasteiger partial charge is 0.384 e. The van der Waals surface area contributed by atoms with Crippen LogP contribution in [0.3, 0.4) is 0 Å². The highest BCUT2D eigenvalue weighted by molar-refractivity contribution is 6.01. The first-order chi connectivity index (χ1) is 12.9. The maximum Gasteiger partial charge on any atom is 0.329 e. The Morgan fingerprint density at radius 3 is 2.89 bits per heavy atom. The van der Waals surface area contributed by atoms with E-state index in [1.165, 1.54) is 12.1 Å². The molecule has 1 fully saturated rings. The maximum absolute atomic E-state index is 13.4. The molecule has 9 heteroatoms. The third-order valence-corrected chi connectivity index (χ3v) is 4.57. The van der Waals surface area contributed by atoms with Gasteiger partial charge in [-0.15, -0.1) is 0 Å². The lowest BCUT2D eigenvalue weighted by atomic mass is 10.1. The Bertz CT molecular complexity index is 969. The summed E-state index contributed by atoms with van der Waals surface area (Å²) >= 11 is 0. The van der Waals surface area contributed by atoms with Gasteiger partial charge in [0.15, 0.2) is 5.78 Å². The first-order valence-corrected chi connectivity index (χ1v) is 8.66. The van der Waals surface area contributed by atoms with E-state index in [1.807, 2.05) is 4.90 Å². The number of ether oxygens (including phenoxy) is 1. The fraction of sp³-hybridized carbons (Fsp3) is 0.389. The molecule has 1 saturated heterocycles. The van der Waals surface area contributed by atoms with Crippen LogP contribution in [0.15, 0.2) is 33.9 Å². The van der Waals surface area contributed by atoms with Crippen LogP contribution in [0.4, 0.5) is 10.2 Å². The number of halogens is 1.